The van der Waals surface area contributed by atoms with Crippen LogP contribution in [0.3, 0.4) is 0 Å². The lowest BCUT2D eigenvalue weighted by Gasteiger charge is -2.15. The van der Waals surface area contributed by atoms with Crippen molar-refractivity contribution >= 4 is 23.6 Å². The molecule has 0 unspecified atom stereocenters. The number of benzene rings is 2. The molecular formula is C28H21F3N4O2S. The molecule has 0 aliphatic heterocycles. The van der Waals surface area contributed by atoms with E-state index in [0.29, 0.717) is 28.1 Å². The molecule has 0 radical (unpaired) electrons. The van der Waals surface area contributed by atoms with Crippen LogP contribution in [-0.2, 0) is 19.0 Å². The van der Waals surface area contributed by atoms with Crippen molar-refractivity contribution in [3.05, 3.63) is 101 Å². The zero-order chi connectivity index (χ0) is 27.3. The number of halogens is 3. The topological polar surface area (TPSA) is 80.8 Å². The summed E-state index contributed by atoms with van der Waals surface area (Å²) in [7, 11) is 3.16. The molecule has 2 aromatic carbocycles. The molecule has 2 heterocycles. The van der Waals surface area contributed by atoms with Crippen LogP contribution < -0.4 is 4.74 Å². The zero-order valence-corrected chi connectivity index (χ0v) is 21.2. The van der Waals surface area contributed by atoms with Crippen LogP contribution in [0.1, 0.15) is 32.9 Å². The van der Waals surface area contributed by atoms with Crippen LogP contribution in [0, 0.1) is 11.3 Å². The summed E-state index contributed by atoms with van der Waals surface area (Å²) < 4.78 is 48.0. The molecule has 192 valence electrons. The van der Waals surface area contributed by atoms with Gasteiger partial charge in [0.1, 0.15) is 28.2 Å². The lowest BCUT2D eigenvalue weighted by molar-refractivity contribution is -0.141. The van der Waals surface area contributed by atoms with Gasteiger partial charge < -0.3 is 4.74 Å². The maximum absolute atomic E-state index is 13.7. The summed E-state index contributed by atoms with van der Waals surface area (Å²) in [4.78, 5) is 16.2. The third-order valence-corrected chi connectivity index (χ3v) is 6.67. The Hall–Kier alpha value is -4.36. The van der Waals surface area contributed by atoms with Crippen molar-refractivity contribution in [1.29, 1.82) is 5.26 Å². The molecule has 2 aromatic heterocycles. The van der Waals surface area contributed by atoms with Crippen molar-refractivity contribution in [3.8, 4) is 22.9 Å². The number of rotatable bonds is 8. The van der Waals surface area contributed by atoms with Crippen LogP contribution in [0.2, 0.25) is 0 Å². The molecule has 0 atom stereocenters. The van der Waals surface area contributed by atoms with Gasteiger partial charge in [-0.3, -0.25) is 9.48 Å². The number of thioether (sulfide) groups is 1. The molecule has 4 rings (SSSR count). The van der Waals surface area contributed by atoms with Gasteiger partial charge in [0.05, 0.1) is 12.7 Å². The summed E-state index contributed by atoms with van der Waals surface area (Å²) in [6, 6.07) is 18.2. The molecule has 6 nitrogen and oxygen atoms in total. The Bertz CT molecular complexity index is 1540. The van der Waals surface area contributed by atoms with Crippen LogP contribution >= 0.6 is 11.8 Å². The Morgan fingerprint density at radius 1 is 1.16 bits per heavy atom. The van der Waals surface area contributed by atoms with Gasteiger partial charge in [0, 0.05) is 30.1 Å². The standard InChI is InChI=1S/C28H21F3N4O2S/c1-35-23(12-13-33-35)24(36)10-8-18-9-11-25(37-2)20(14-18)17-38-27-22(16-32)21(19-6-4-3-5-7-19)15-26(34-27)28(29,30)31/h3-15H,17H2,1-2H3/b10-8+. The minimum atomic E-state index is -4.68. The maximum atomic E-state index is 13.7. The number of allylic oxidation sites excluding steroid dienone is 1. The van der Waals surface area contributed by atoms with Gasteiger partial charge in [-0.25, -0.2) is 4.98 Å². The van der Waals surface area contributed by atoms with Gasteiger partial charge in [-0.05, 0) is 41.5 Å². The fourth-order valence-electron chi connectivity index (χ4n) is 3.76. The molecule has 38 heavy (non-hydrogen) atoms. The van der Waals surface area contributed by atoms with Crippen molar-refractivity contribution in [2.24, 2.45) is 7.05 Å². The smallest absolute Gasteiger partial charge is 0.433 e. The highest BCUT2D eigenvalue weighted by Crippen LogP contribution is 2.38. The minimum Gasteiger partial charge on any atom is -0.496 e. The van der Waals surface area contributed by atoms with E-state index in [4.69, 9.17) is 4.74 Å². The first kappa shape index (κ1) is 26.7. The number of nitriles is 1. The molecule has 10 heteroatoms. The summed E-state index contributed by atoms with van der Waals surface area (Å²) in [5.41, 5.74) is 1.42. The zero-order valence-electron chi connectivity index (χ0n) is 20.4. The van der Waals surface area contributed by atoms with Gasteiger partial charge in [-0.2, -0.15) is 23.5 Å². The van der Waals surface area contributed by atoms with Crippen LogP contribution in [0.15, 0.2) is 78.0 Å². The number of nitrogens with zero attached hydrogens (tertiary/aromatic N) is 4. The van der Waals surface area contributed by atoms with Crippen molar-refractivity contribution < 1.29 is 22.7 Å². The predicted octanol–water partition coefficient (Wildman–Crippen LogP) is 6.57. The van der Waals surface area contributed by atoms with E-state index in [9.17, 15) is 23.2 Å². The number of aryl methyl sites for hydroxylation is 1. The Kier molecular flexibility index (Phi) is 7.98. The molecule has 0 N–H and O–H groups in total. The molecule has 0 fully saturated rings. The van der Waals surface area contributed by atoms with Crippen LogP contribution in [-0.4, -0.2) is 27.7 Å². The number of methoxy groups -OCH3 is 1. The summed E-state index contributed by atoms with van der Waals surface area (Å²) in [5.74, 6) is 0.468. The Labute approximate surface area is 221 Å². The lowest BCUT2D eigenvalue weighted by Crippen LogP contribution is -2.10. The normalized spacial score (nSPS) is 11.5. The first-order valence-electron chi connectivity index (χ1n) is 11.3. The molecule has 4 aromatic rings. The number of carbonyl (C=O) groups excluding carboxylic acids is 1. The largest absolute Gasteiger partial charge is 0.496 e. The second-order valence-corrected chi connectivity index (χ2v) is 9.07. The average Bonchev–Trinajstić information content (AvgIpc) is 3.35. The summed E-state index contributed by atoms with van der Waals surface area (Å²) in [6.45, 7) is 0. The van der Waals surface area contributed by atoms with E-state index in [-0.39, 0.29) is 27.7 Å². The summed E-state index contributed by atoms with van der Waals surface area (Å²) >= 11 is 1.01. The quantitative estimate of drug-likeness (QED) is 0.145. The van der Waals surface area contributed by atoms with Gasteiger partial charge in [0.15, 0.2) is 0 Å². The van der Waals surface area contributed by atoms with Crippen molar-refractivity contribution in [1.82, 2.24) is 14.8 Å². The number of alkyl halides is 3. The molecule has 0 spiro atoms. The van der Waals surface area contributed by atoms with Crippen LogP contribution in [0.4, 0.5) is 13.2 Å². The number of carbonyl (C=O) groups is 1. The maximum Gasteiger partial charge on any atom is 0.433 e. The number of ketones is 1. The second-order valence-electron chi connectivity index (χ2n) is 8.11. The SMILES string of the molecule is COc1ccc(/C=C/C(=O)c2ccnn2C)cc1CSc1nc(C(F)(F)F)cc(-c2ccccc2)c1C#N. The Balaban J connectivity index is 1.66. The van der Waals surface area contributed by atoms with Crippen molar-refractivity contribution in [3.63, 3.8) is 0 Å². The summed E-state index contributed by atoms with van der Waals surface area (Å²) in [5, 5.41) is 13.8. The van der Waals surface area contributed by atoms with E-state index in [1.807, 2.05) is 6.07 Å². The fraction of sp³-hybridized carbons (Fsp3) is 0.143. The molecule has 0 amide bonds. The number of hydrogen-bond acceptors (Lipinski definition) is 6. The number of ether oxygens (including phenoxy) is 1. The Morgan fingerprint density at radius 2 is 1.92 bits per heavy atom. The monoisotopic (exact) mass is 534 g/mol. The average molecular weight is 535 g/mol. The van der Waals surface area contributed by atoms with Gasteiger partial charge in [-0.1, -0.05) is 42.5 Å². The van der Waals surface area contributed by atoms with Gasteiger partial charge >= 0.3 is 6.18 Å². The van der Waals surface area contributed by atoms with Gasteiger partial charge in [-0.15, -0.1) is 11.8 Å². The van der Waals surface area contributed by atoms with Crippen LogP contribution in [0.5, 0.6) is 5.75 Å². The fourth-order valence-corrected chi connectivity index (χ4v) is 4.74. The molecule has 0 aliphatic rings. The number of hydrogen-bond donors (Lipinski definition) is 0. The highest BCUT2D eigenvalue weighted by molar-refractivity contribution is 7.98. The van der Waals surface area contributed by atoms with Gasteiger partial charge in [0.2, 0.25) is 5.78 Å². The lowest BCUT2D eigenvalue weighted by atomic mass is 10.0. The van der Waals surface area contributed by atoms with E-state index in [1.165, 1.54) is 24.1 Å². The molecule has 0 aliphatic carbocycles. The number of pyridine rings is 1. The first-order chi connectivity index (χ1) is 18.2. The van der Waals surface area contributed by atoms with Crippen LogP contribution in [0.25, 0.3) is 17.2 Å². The summed E-state index contributed by atoms with van der Waals surface area (Å²) in [6.07, 6.45) is -0.0936. The van der Waals surface area contributed by atoms with E-state index in [1.54, 1.807) is 67.7 Å². The molecule has 0 saturated heterocycles. The predicted molar refractivity (Wildman–Crippen MR) is 139 cm³/mol. The van der Waals surface area contributed by atoms with E-state index >= 15 is 0 Å². The third-order valence-electron chi connectivity index (χ3n) is 5.64. The van der Waals surface area contributed by atoms with Crippen molar-refractivity contribution in [2.45, 2.75) is 17.0 Å². The van der Waals surface area contributed by atoms with E-state index in [0.717, 1.165) is 17.8 Å². The highest BCUT2D eigenvalue weighted by Gasteiger charge is 2.34. The van der Waals surface area contributed by atoms with E-state index < -0.39 is 11.9 Å². The van der Waals surface area contributed by atoms with Crippen molar-refractivity contribution in [2.75, 3.05) is 7.11 Å². The minimum absolute atomic E-state index is 0.0319. The number of aromatic nitrogens is 3. The molecular weight excluding hydrogens is 513 g/mol. The third kappa shape index (κ3) is 5.95. The van der Waals surface area contributed by atoms with Gasteiger partial charge in [0.25, 0.3) is 0 Å². The highest BCUT2D eigenvalue weighted by atomic mass is 32.2. The van der Waals surface area contributed by atoms with E-state index in [2.05, 4.69) is 10.1 Å². The Morgan fingerprint density at radius 3 is 2.55 bits per heavy atom. The molecule has 0 bridgehead atoms. The molecule has 0 saturated carbocycles. The second kappa shape index (κ2) is 11.4. The first-order valence-corrected chi connectivity index (χ1v) is 12.3.